The Morgan fingerprint density at radius 2 is 1.93 bits per heavy atom. The van der Waals surface area contributed by atoms with Gasteiger partial charge in [0.2, 0.25) is 15.9 Å². The van der Waals surface area contributed by atoms with Gasteiger partial charge in [-0.25, -0.2) is 8.42 Å². The van der Waals surface area contributed by atoms with Crippen molar-refractivity contribution in [3.05, 3.63) is 65.2 Å². The molecule has 0 aliphatic carbocycles. The van der Waals surface area contributed by atoms with Crippen LogP contribution in [0.1, 0.15) is 29.5 Å². The Hall–Kier alpha value is -2.22. The molecule has 3 rings (SSSR count). The molecule has 1 aliphatic rings. The van der Waals surface area contributed by atoms with Gasteiger partial charge in [-0.2, -0.15) is 4.31 Å². The highest BCUT2D eigenvalue weighted by molar-refractivity contribution is 7.89. The number of amides is 1. The third-order valence-electron chi connectivity index (χ3n) is 5.33. The summed E-state index contributed by atoms with van der Waals surface area (Å²) in [5, 5.41) is 2.83. The molecule has 6 nitrogen and oxygen atoms in total. The predicted octanol–water partition coefficient (Wildman–Crippen LogP) is 2.83. The minimum absolute atomic E-state index is 0.0161. The molecule has 1 atom stereocenters. The topological polar surface area (TPSA) is 75.7 Å². The van der Waals surface area contributed by atoms with E-state index < -0.39 is 10.0 Å². The van der Waals surface area contributed by atoms with E-state index in [9.17, 15) is 13.2 Å². The number of benzene rings is 2. The Morgan fingerprint density at radius 1 is 1.17 bits per heavy atom. The lowest BCUT2D eigenvalue weighted by atomic mass is 10.1. The van der Waals surface area contributed by atoms with Crippen LogP contribution in [0.15, 0.2) is 53.4 Å². The number of nitrogens with one attached hydrogen (secondary N) is 1. The summed E-state index contributed by atoms with van der Waals surface area (Å²) in [5.41, 5.74) is 2.56. The zero-order valence-electron chi connectivity index (χ0n) is 17.6. The number of carbonyl (C=O) groups is 1. The van der Waals surface area contributed by atoms with E-state index in [0.717, 1.165) is 24.0 Å². The van der Waals surface area contributed by atoms with E-state index in [0.29, 0.717) is 25.1 Å². The summed E-state index contributed by atoms with van der Waals surface area (Å²) >= 11 is 0. The standard InChI is InChI=1S/C23H30N2O4S/c1-18-10-11-19(2)22(15-18)30(27,28)25(13-12-20-7-4-3-5-8-20)17-23(26)24-16-21-9-6-14-29-21/h3-5,7-8,10-11,15,21H,6,9,12-14,16-17H2,1-2H3,(H,24,26)/t21-/m1/s1. The first-order valence-electron chi connectivity index (χ1n) is 10.4. The van der Waals surface area contributed by atoms with E-state index in [1.807, 2.05) is 43.3 Å². The quantitative estimate of drug-likeness (QED) is 0.664. The van der Waals surface area contributed by atoms with Gasteiger partial charge in [0, 0.05) is 19.7 Å². The average molecular weight is 431 g/mol. The van der Waals surface area contributed by atoms with Crippen molar-refractivity contribution < 1.29 is 17.9 Å². The number of ether oxygens (including phenoxy) is 1. The molecule has 0 saturated carbocycles. The second kappa shape index (κ2) is 10.2. The summed E-state index contributed by atoms with van der Waals surface area (Å²) < 4.78 is 33.7. The van der Waals surface area contributed by atoms with Crippen LogP contribution in [-0.4, -0.2) is 51.0 Å². The Bertz CT molecular complexity index is 954. The Kier molecular flexibility index (Phi) is 7.64. The number of hydrogen-bond donors (Lipinski definition) is 1. The van der Waals surface area contributed by atoms with Crippen LogP contribution in [0.5, 0.6) is 0 Å². The summed E-state index contributed by atoms with van der Waals surface area (Å²) in [6.45, 7) is 4.78. The SMILES string of the molecule is Cc1ccc(C)c(S(=O)(=O)N(CCc2ccccc2)CC(=O)NC[C@H]2CCCO2)c1. The average Bonchev–Trinajstić information content (AvgIpc) is 3.25. The van der Waals surface area contributed by atoms with E-state index in [1.165, 1.54) is 4.31 Å². The second-order valence-corrected chi connectivity index (χ2v) is 9.69. The molecule has 30 heavy (non-hydrogen) atoms. The van der Waals surface area contributed by atoms with Crippen molar-refractivity contribution in [1.82, 2.24) is 9.62 Å². The molecule has 0 spiro atoms. The predicted molar refractivity (Wildman–Crippen MR) is 117 cm³/mol. The largest absolute Gasteiger partial charge is 0.376 e. The first kappa shape index (κ1) is 22.5. The zero-order chi connectivity index (χ0) is 21.6. The van der Waals surface area contributed by atoms with E-state index >= 15 is 0 Å². The van der Waals surface area contributed by atoms with Crippen molar-refractivity contribution in [3.8, 4) is 0 Å². The lowest BCUT2D eigenvalue weighted by molar-refractivity contribution is -0.121. The molecule has 1 fully saturated rings. The third kappa shape index (κ3) is 5.90. The summed E-state index contributed by atoms with van der Waals surface area (Å²) in [6.07, 6.45) is 2.45. The van der Waals surface area contributed by atoms with Crippen molar-refractivity contribution in [1.29, 1.82) is 0 Å². The Labute approximate surface area is 179 Å². The van der Waals surface area contributed by atoms with Crippen LogP contribution in [-0.2, 0) is 26.0 Å². The summed E-state index contributed by atoms with van der Waals surface area (Å²) in [6, 6.07) is 15.0. The number of carbonyl (C=O) groups excluding carboxylic acids is 1. The van der Waals surface area contributed by atoms with Crippen LogP contribution < -0.4 is 5.32 Å². The maximum absolute atomic E-state index is 13.4. The van der Waals surface area contributed by atoms with Gasteiger partial charge in [-0.05, 0) is 55.9 Å². The summed E-state index contributed by atoms with van der Waals surface area (Å²) in [7, 11) is -3.82. The molecule has 7 heteroatoms. The van der Waals surface area contributed by atoms with Crippen LogP contribution >= 0.6 is 0 Å². The first-order valence-corrected chi connectivity index (χ1v) is 11.8. The third-order valence-corrected chi connectivity index (χ3v) is 7.31. The van der Waals surface area contributed by atoms with Gasteiger partial charge in [-0.1, -0.05) is 42.5 Å². The maximum Gasteiger partial charge on any atom is 0.243 e. The van der Waals surface area contributed by atoms with Crippen molar-refractivity contribution in [3.63, 3.8) is 0 Å². The van der Waals surface area contributed by atoms with Crippen molar-refractivity contribution in [2.45, 2.75) is 44.1 Å². The maximum atomic E-state index is 13.4. The van der Waals surface area contributed by atoms with Crippen molar-refractivity contribution >= 4 is 15.9 Å². The lowest BCUT2D eigenvalue weighted by Crippen LogP contribution is -2.43. The zero-order valence-corrected chi connectivity index (χ0v) is 18.5. The highest BCUT2D eigenvalue weighted by Crippen LogP contribution is 2.22. The van der Waals surface area contributed by atoms with Gasteiger partial charge >= 0.3 is 0 Å². The Morgan fingerprint density at radius 3 is 2.63 bits per heavy atom. The molecule has 1 saturated heterocycles. The fourth-order valence-corrected chi connectivity index (χ4v) is 5.26. The van der Waals surface area contributed by atoms with Gasteiger partial charge in [0.05, 0.1) is 17.5 Å². The van der Waals surface area contributed by atoms with Gasteiger partial charge in [0.1, 0.15) is 0 Å². The molecular formula is C23H30N2O4S. The molecule has 1 aliphatic heterocycles. The van der Waals surface area contributed by atoms with Crippen LogP contribution in [0, 0.1) is 13.8 Å². The molecule has 2 aromatic rings. The fourth-order valence-electron chi connectivity index (χ4n) is 3.56. The van der Waals surface area contributed by atoms with Gasteiger partial charge in [-0.15, -0.1) is 0 Å². The van der Waals surface area contributed by atoms with E-state index in [2.05, 4.69) is 5.32 Å². The number of nitrogens with zero attached hydrogens (tertiary/aromatic N) is 1. The van der Waals surface area contributed by atoms with Gasteiger partial charge in [0.25, 0.3) is 0 Å². The molecule has 0 radical (unpaired) electrons. The van der Waals surface area contributed by atoms with E-state index in [4.69, 9.17) is 4.74 Å². The number of sulfonamides is 1. The van der Waals surface area contributed by atoms with E-state index in [1.54, 1.807) is 19.1 Å². The first-order chi connectivity index (χ1) is 14.4. The highest BCUT2D eigenvalue weighted by Gasteiger charge is 2.28. The van der Waals surface area contributed by atoms with Gasteiger partial charge < -0.3 is 10.1 Å². The monoisotopic (exact) mass is 430 g/mol. The van der Waals surface area contributed by atoms with Gasteiger partial charge in [0.15, 0.2) is 0 Å². The van der Waals surface area contributed by atoms with E-state index in [-0.39, 0.29) is 30.0 Å². The molecule has 1 N–H and O–H groups in total. The normalized spacial score (nSPS) is 16.7. The number of rotatable bonds is 9. The second-order valence-electron chi connectivity index (χ2n) is 7.78. The highest BCUT2D eigenvalue weighted by atomic mass is 32.2. The lowest BCUT2D eigenvalue weighted by Gasteiger charge is -2.23. The van der Waals surface area contributed by atoms with Crippen LogP contribution in [0.4, 0.5) is 0 Å². The molecule has 2 aromatic carbocycles. The Balaban J connectivity index is 1.76. The molecule has 0 aromatic heterocycles. The van der Waals surface area contributed by atoms with Crippen LogP contribution in [0.3, 0.4) is 0 Å². The minimum atomic E-state index is -3.82. The fraction of sp³-hybridized carbons (Fsp3) is 0.435. The molecule has 0 bridgehead atoms. The smallest absolute Gasteiger partial charge is 0.243 e. The van der Waals surface area contributed by atoms with Crippen LogP contribution in [0.25, 0.3) is 0 Å². The summed E-state index contributed by atoms with van der Waals surface area (Å²) in [5.74, 6) is -0.313. The molecule has 1 amide bonds. The number of aryl methyl sites for hydroxylation is 2. The minimum Gasteiger partial charge on any atom is -0.376 e. The number of hydrogen-bond acceptors (Lipinski definition) is 4. The molecule has 162 valence electrons. The van der Waals surface area contributed by atoms with Gasteiger partial charge in [-0.3, -0.25) is 4.79 Å². The van der Waals surface area contributed by atoms with Crippen molar-refractivity contribution in [2.24, 2.45) is 0 Å². The van der Waals surface area contributed by atoms with Crippen LogP contribution in [0.2, 0.25) is 0 Å². The van der Waals surface area contributed by atoms with Crippen molar-refractivity contribution in [2.75, 3.05) is 26.2 Å². The molecule has 0 unspecified atom stereocenters. The molecule has 1 heterocycles. The molecular weight excluding hydrogens is 400 g/mol. The summed E-state index contributed by atoms with van der Waals surface area (Å²) in [4.78, 5) is 12.8.